The molecule has 3 atom stereocenters. The van der Waals surface area contributed by atoms with Crippen molar-refractivity contribution in [2.24, 2.45) is 0 Å². The van der Waals surface area contributed by atoms with Crippen LogP contribution in [0, 0.1) is 0 Å². The van der Waals surface area contributed by atoms with E-state index >= 15 is 0 Å². The maximum atomic E-state index is 14.2. The highest BCUT2D eigenvalue weighted by molar-refractivity contribution is 6.05. The molecular formula is C37H37N3O5. The van der Waals surface area contributed by atoms with Crippen molar-refractivity contribution in [2.45, 2.75) is 57.2 Å². The molecule has 8 nitrogen and oxygen atoms in total. The minimum atomic E-state index is -0.957. The topological polar surface area (TPSA) is 107 Å². The Balaban J connectivity index is 1.23. The predicted octanol–water partition coefficient (Wildman–Crippen LogP) is 4.88. The lowest BCUT2D eigenvalue weighted by molar-refractivity contribution is -0.138. The number of aromatic hydroxyl groups is 1. The van der Waals surface area contributed by atoms with Crippen LogP contribution in [0.5, 0.6) is 5.75 Å². The van der Waals surface area contributed by atoms with E-state index in [0.29, 0.717) is 24.1 Å². The molecule has 2 aliphatic heterocycles. The first-order chi connectivity index (χ1) is 21.5. The van der Waals surface area contributed by atoms with Crippen LogP contribution in [0.2, 0.25) is 0 Å². The number of ketones is 1. The SMILES string of the molecule is CC(C)(C)c1ccc(C(=O)NC(Cc2ccc(O)cc2)C(=O)N2CCC3C2C(=O)CN3C(=O)c2ccc3ccccc3c2)cc1. The van der Waals surface area contributed by atoms with Crippen LogP contribution in [-0.2, 0) is 21.4 Å². The highest BCUT2D eigenvalue weighted by Gasteiger charge is 2.52. The summed E-state index contributed by atoms with van der Waals surface area (Å²) in [5.74, 6) is -1.09. The minimum Gasteiger partial charge on any atom is -0.508 e. The predicted molar refractivity (Wildman–Crippen MR) is 172 cm³/mol. The summed E-state index contributed by atoms with van der Waals surface area (Å²) in [6, 6.07) is 24.9. The summed E-state index contributed by atoms with van der Waals surface area (Å²) in [5.41, 5.74) is 2.69. The number of phenolic OH excluding ortho intramolecular Hbond substituents is 1. The fourth-order valence-electron chi connectivity index (χ4n) is 6.46. The Bertz CT molecular complexity index is 1770. The number of carbonyl (C=O) groups is 4. The van der Waals surface area contributed by atoms with Crippen LogP contribution in [0.1, 0.15) is 59.0 Å². The second-order valence-corrected chi connectivity index (χ2v) is 13.0. The van der Waals surface area contributed by atoms with Gasteiger partial charge in [0.15, 0.2) is 5.78 Å². The van der Waals surface area contributed by atoms with Crippen LogP contribution < -0.4 is 5.32 Å². The molecule has 4 aromatic carbocycles. The molecule has 2 fully saturated rings. The van der Waals surface area contributed by atoms with Crippen LogP contribution in [0.15, 0.2) is 91.0 Å². The van der Waals surface area contributed by atoms with Crippen LogP contribution >= 0.6 is 0 Å². The van der Waals surface area contributed by atoms with E-state index in [1.54, 1.807) is 35.2 Å². The van der Waals surface area contributed by atoms with Gasteiger partial charge in [0.2, 0.25) is 5.91 Å². The van der Waals surface area contributed by atoms with Crippen LogP contribution in [0.4, 0.5) is 0 Å². The molecule has 8 heteroatoms. The zero-order chi connectivity index (χ0) is 31.9. The Morgan fingerprint density at radius 1 is 0.867 bits per heavy atom. The normalized spacial score (nSPS) is 18.6. The van der Waals surface area contributed by atoms with Crippen LogP contribution in [0.25, 0.3) is 10.8 Å². The third kappa shape index (κ3) is 6.05. The van der Waals surface area contributed by atoms with Crippen molar-refractivity contribution in [3.05, 3.63) is 113 Å². The molecule has 45 heavy (non-hydrogen) atoms. The van der Waals surface area contributed by atoms with Crippen molar-refractivity contribution >= 4 is 34.3 Å². The lowest BCUT2D eigenvalue weighted by atomic mass is 9.86. The van der Waals surface area contributed by atoms with Crippen LogP contribution in [0.3, 0.4) is 0 Å². The van der Waals surface area contributed by atoms with Crippen molar-refractivity contribution in [3.63, 3.8) is 0 Å². The van der Waals surface area contributed by atoms with Crippen molar-refractivity contribution in [2.75, 3.05) is 13.1 Å². The third-order valence-corrected chi connectivity index (χ3v) is 8.96. The van der Waals surface area contributed by atoms with E-state index < -0.39 is 24.0 Å². The van der Waals surface area contributed by atoms with E-state index in [2.05, 4.69) is 26.1 Å². The van der Waals surface area contributed by atoms with E-state index in [-0.39, 0.29) is 41.7 Å². The molecule has 6 rings (SSSR count). The van der Waals surface area contributed by atoms with Gasteiger partial charge in [-0.1, -0.05) is 75.4 Å². The maximum Gasteiger partial charge on any atom is 0.254 e. The molecule has 0 aromatic heterocycles. The van der Waals surface area contributed by atoms with Gasteiger partial charge in [0.05, 0.1) is 12.6 Å². The molecule has 3 amide bonds. The quantitative estimate of drug-likeness (QED) is 0.327. The Morgan fingerprint density at radius 2 is 1.53 bits per heavy atom. The van der Waals surface area contributed by atoms with Gasteiger partial charge >= 0.3 is 0 Å². The van der Waals surface area contributed by atoms with Gasteiger partial charge in [-0.25, -0.2) is 0 Å². The van der Waals surface area contributed by atoms with Gasteiger partial charge in [0.25, 0.3) is 11.8 Å². The summed E-state index contributed by atoms with van der Waals surface area (Å²) in [7, 11) is 0. The summed E-state index contributed by atoms with van der Waals surface area (Å²) in [5, 5.41) is 14.6. The molecule has 0 bridgehead atoms. The number of fused-ring (bicyclic) bond motifs is 2. The van der Waals surface area contributed by atoms with Gasteiger partial charge in [0, 0.05) is 24.1 Å². The van der Waals surface area contributed by atoms with E-state index in [1.807, 2.05) is 48.5 Å². The number of nitrogens with zero attached hydrogens (tertiary/aromatic N) is 2. The molecule has 2 aliphatic rings. The lowest BCUT2D eigenvalue weighted by Crippen LogP contribution is -2.53. The number of nitrogens with one attached hydrogen (secondary N) is 1. The average molecular weight is 604 g/mol. The Kier molecular flexibility index (Phi) is 7.91. The fourth-order valence-corrected chi connectivity index (χ4v) is 6.46. The molecule has 0 spiro atoms. The summed E-state index contributed by atoms with van der Waals surface area (Å²) in [6.07, 6.45) is 0.641. The zero-order valence-corrected chi connectivity index (χ0v) is 25.7. The molecule has 230 valence electrons. The van der Waals surface area contributed by atoms with Crippen molar-refractivity contribution in [1.29, 1.82) is 0 Å². The molecule has 3 unspecified atom stereocenters. The number of hydrogen-bond donors (Lipinski definition) is 2. The zero-order valence-electron chi connectivity index (χ0n) is 25.7. The monoisotopic (exact) mass is 603 g/mol. The highest BCUT2D eigenvalue weighted by atomic mass is 16.3. The van der Waals surface area contributed by atoms with Gasteiger partial charge in [-0.3, -0.25) is 19.2 Å². The smallest absolute Gasteiger partial charge is 0.254 e. The summed E-state index contributed by atoms with van der Waals surface area (Å²) in [6.45, 7) is 6.51. The van der Waals surface area contributed by atoms with E-state index in [0.717, 1.165) is 21.9 Å². The number of phenols is 1. The summed E-state index contributed by atoms with van der Waals surface area (Å²) in [4.78, 5) is 57.7. The first-order valence-corrected chi connectivity index (χ1v) is 15.3. The fraction of sp³-hybridized carbons (Fsp3) is 0.297. The van der Waals surface area contributed by atoms with Crippen LogP contribution in [-0.4, -0.2) is 69.6 Å². The first kappa shape index (κ1) is 30.1. The number of amides is 3. The van der Waals surface area contributed by atoms with E-state index in [9.17, 15) is 24.3 Å². The van der Waals surface area contributed by atoms with Gasteiger partial charge in [-0.2, -0.15) is 0 Å². The third-order valence-electron chi connectivity index (χ3n) is 8.96. The molecular weight excluding hydrogens is 566 g/mol. The van der Waals surface area contributed by atoms with Gasteiger partial charge in [0.1, 0.15) is 17.8 Å². The molecule has 4 aromatic rings. The minimum absolute atomic E-state index is 0.0696. The van der Waals surface area contributed by atoms with Crippen molar-refractivity contribution < 1.29 is 24.3 Å². The second-order valence-electron chi connectivity index (χ2n) is 13.0. The molecule has 0 aliphatic carbocycles. The van der Waals surface area contributed by atoms with Gasteiger partial charge < -0.3 is 20.2 Å². The Hall–Kier alpha value is -4.98. The summed E-state index contributed by atoms with van der Waals surface area (Å²) >= 11 is 0. The summed E-state index contributed by atoms with van der Waals surface area (Å²) < 4.78 is 0. The number of benzene rings is 4. The molecule has 0 saturated carbocycles. The Labute approximate surface area is 262 Å². The highest BCUT2D eigenvalue weighted by Crippen LogP contribution is 2.32. The number of Topliss-reactive ketones (excluding diaryl/α,β-unsaturated/α-hetero) is 1. The number of hydrogen-bond acceptors (Lipinski definition) is 5. The largest absolute Gasteiger partial charge is 0.508 e. The standard InChI is InChI=1S/C37H37N3O5/c1-37(2,3)28-14-12-25(13-15-28)34(43)38-30(20-23-8-16-29(41)17-9-23)36(45)39-19-18-31-33(39)32(42)22-40(31)35(44)27-11-10-24-6-4-5-7-26(24)21-27/h4-17,21,30-31,33,41H,18-20,22H2,1-3H3,(H,38,43). The number of carbonyl (C=O) groups excluding carboxylic acids is 4. The second kappa shape index (κ2) is 11.8. The van der Waals surface area contributed by atoms with Crippen molar-refractivity contribution in [3.8, 4) is 5.75 Å². The Morgan fingerprint density at radius 3 is 2.22 bits per heavy atom. The van der Waals surface area contributed by atoms with Crippen molar-refractivity contribution in [1.82, 2.24) is 15.1 Å². The number of likely N-dealkylation sites (tertiary alicyclic amines) is 2. The van der Waals surface area contributed by atoms with Gasteiger partial charge in [-0.05, 0) is 70.1 Å². The lowest BCUT2D eigenvalue weighted by Gasteiger charge is -2.28. The molecule has 2 N–H and O–H groups in total. The van der Waals surface area contributed by atoms with E-state index in [4.69, 9.17) is 0 Å². The molecule has 2 saturated heterocycles. The molecule has 2 heterocycles. The average Bonchev–Trinajstić information content (AvgIpc) is 3.61. The molecule has 0 radical (unpaired) electrons. The number of rotatable bonds is 6. The maximum absolute atomic E-state index is 14.2. The first-order valence-electron chi connectivity index (χ1n) is 15.3. The van der Waals surface area contributed by atoms with E-state index in [1.165, 1.54) is 17.0 Å². The van der Waals surface area contributed by atoms with Gasteiger partial charge in [-0.15, -0.1) is 0 Å².